The van der Waals surface area contributed by atoms with Crippen LogP contribution in [0.2, 0.25) is 4.34 Å². The number of likely N-dealkylation sites (tertiary alicyclic amines) is 1. The van der Waals surface area contributed by atoms with Crippen LogP contribution in [0.15, 0.2) is 6.20 Å². The van der Waals surface area contributed by atoms with Gasteiger partial charge in [0.2, 0.25) is 0 Å². The lowest BCUT2D eigenvalue weighted by Gasteiger charge is -2.33. The highest BCUT2D eigenvalue weighted by Crippen LogP contribution is 2.32. The van der Waals surface area contributed by atoms with Crippen molar-refractivity contribution in [3.8, 4) is 0 Å². The van der Waals surface area contributed by atoms with E-state index in [4.69, 9.17) is 11.6 Å². The van der Waals surface area contributed by atoms with Gasteiger partial charge in [0.05, 0.1) is 11.2 Å². The van der Waals surface area contributed by atoms with Crippen molar-refractivity contribution in [2.24, 2.45) is 0 Å². The van der Waals surface area contributed by atoms with Gasteiger partial charge in [0.1, 0.15) is 4.34 Å². The molecule has 1 aromatic rings. The third kappa shape index (κ3) is 2.71. The summed E-state index contributed by atoms with van der Waals surface area (Å²) in [5, 5.41) is 1.23. The van der Waals surface area contributed by atoms with Gasteiger partial charge in [-0.15, -0.1) is 11.3 Å². The summed E-state index contributed by atoms with van der Waals surface area (Å²) < 4.78 is 0.816. The molecule has 0 radical (unpaired) electrons. The fourth-order valence-corrected chi connectivity index (χ4v) is 3.22. The summed E-state index contributed by atoms with van der Waals surface area (Å²) in [6.45, 7) is 6.92. The average molecular weight is 245 g/mol. The largest absolute Gasteiger partial charge is 0.301 e. The molecule has 84 valence electrons. The summed E-state index contributed by atoms with van der Waals surface area (Å²) in [7, 11) is 0. The zero-order chi connectivity index (χ0) is 10.8. The molecule has 0 spiro atoms. The van der Waals surface area contributed by atoms with Crippen LogP contribution in [0.25, 0.3) is 0 Å². The van der Waals surface area contributed by atoms with Gasteiger partial charge in [-0.2, -0.15) is 0 Å². The number of hydrogen-bond acceptors (Lipinski definition) is 3. The second kappa shape index (κ2) is 4.81. The van der Waals surface area contributed by atoms with Crippen LogP contribution in [0.1, 0.15) is 37.6 Å². The van der Waals surface area contributed by atoms with Crippen LogP contribution in [0.5, 0.6) is 0 Å². The number of thiazole rings is 1. The first-order valence-corrected chi connectivity index (χ1v) is 6.71. The Morgan fingerprint density at radius 1 is 1.47 bits per heavy atom. The highest BCUT2D eigenvalue weighted by molar-refractivity contribution is 7.15. The van der Waals surface area contributed by atoms with E-state index in [9.17, 15) is 0 Å². The molecular weight excluding hydrogens is 228 g/mol. The second-order valence-corrected chi connectivity index (χ2v) is 6.10. The Labute approximate surface area is 100 Å². The fourth-order valence-electron chi connectivity index (χ4n) is 2.12. The van der Waals surface area contributed by atoms with Crippen molar-refractivity contribution in [1.29, 1.82) is 0 Å². The Kier molecular flexibility index (Phi) is 3.65. The van der Waals surface area contributed by atoms with Crippen molar-refractivity contribution in [2.45, 2.75) is 38.6 Å². The van der Waals surface area contributed by atoms with Crippen LogP contribution in [-0.2, 0) is 0 Å². The standard InChI is InChI=1S/C11H17ClN2S/c1-8(2)14-5-3-9(4-6-14)11-13-7-10(12)15-11/h7-9H,3-6H2,1-2H3. The summed E-state index contributed by atoms with van der Waals surface area (Å²) in [6, 6.07) is 0.672. The Morgan fingerprint density at radius 2 is 2.13 bits per heavy atom. The molecule has 2 nitrogen and oxygen atoms in total. The van der Waals surface area contributed by atoms with Gasteiger partial charge in [0.25, 0.3) is 0 Å². The topological polar surface area (TPSA) is 16.1 Å². The van der Waals surface area contributed by atoms with E-state index in [0.717, 1.165) is 4.34 Å². The van der Waals surface area contributed by atoms with E-state index in [1.54, 1.807) is 17.5 Å². The van der Waals surface area contributed by atoms with E-state index in [1.807, 2.05) is 0 Å². The number of rotatable bonds is 2. The summed E-state index contributed by atoms with van der Waals surface area (Å²) in [5.74, 6) is 0.637. The quantitative estimate of drug-likeness (QED) is 0.793. The third-order valence-electron chi connectivity index (χ3n) is 3.10. The van der Waals surface area contributed by atoms with E-state index in [2.05, 4.69) is 23.7 Å². The zero-order valence-corrected chi connectivity index (χ0v) is 10.8. The minimum atomic E-state index is 0.637. The van der Waals surface area contributed by atoms with Crippen molar-refractivity contribution in [2.75, 3.05) is 13.1 Å². The Balaban J connectivity index is 1.93. The zero-order valence-electron chi connectivity index (χ0n) is 9.24. The highest BCUT2D eigenvalue weighted by atomic mass is 35.5. The van der Waals surface area contributed by atoms with E-state index in [1.165, 1.54) is 30.9 Å². The molecule has 1 aromatic heterocycles. The number of halogens is 1. The van der Waals surface area contributed by atoms with Crippen molar-refractivity contribution in [3.05, 3.63) is 15.5 Å². The van der Waals surface area contributed by atoms with Gasteiger partial charge in [-0.3, -0.25) is 0 Å². The van der Waals surface area contributed by atoms with Crippen molar-refractivity contribution in [3.63, 3.8) is 0 Å². The molecule has 2 rings (SSSR count). The molecule has 1 aliphatic heterocycles. The first-order chi connectivity index (χ1) is 7.16. The van der Waals surface area contributed by atoms with E-state index in [0.29, 0.717) is 12.0 Å². The molecule has 1 aliphatic rings. The third-order valence-corrected chi connectivity index (χ3v) is 4.38. The second-order valence-electron chi connectivity index (χ2n) is 4.41. The van der Waals surface area contributed by atoms with Gasteiger partial charge in [-0.25, -0.2) is 4.98 Å². The molecule has 0 atom stereocenters. The molecule has 0 aromatic carbocycles. The number of piperidine rings is 1. The smallest absolute Gasteiger partial charge is 0.113 e. The molecule has 1 fully saturated rings. The normalized spacial score (nSPS) is 20.0. The number of nitrogens with zero attached hydrogens (tertiary/aromatic N) is 2. The predicted molar refractivity (Wildman–Crippen MR) is 65.8 cm³/mol. The predicted octanol–water partition coefficient (Wildman–Crippen LogP) is 3.38. The highest BCUT2D eigenvalue weighted by Gasteiger charge is 2.23. The first kappa shape index (κ1) is 11.4. The summed E-state index contributed by atoms with van der Waals surface area (Å²) >= 11 is 7.54. The van der Waals surface area contributed by atoms with Crippen molar-refractivity contribution in [1.82, 2.24) is 9.88 Å². The SMILES string of the molecule is CC(C)N1CCC(c2ncc(Cl)s2)CC1. The van der Waals surface area contributed by atoms with Crippen LogP contribution in [0.4, 0.5) is 0 Å². The Bertz CT molecular complexity index is 316. The maximum absolute atomic E-state index is 5.90. The Morgan fingerprint density at radius 3 is 2.60 bits per heavy atom. The van der Waals surface area contributed by atoms with Crippen LogP contribution >= 0.6 is 22.9 Å². The molecule has 0 amide bonds. The molecule has 4 heteroatoms. The lowest BCUT2D eigenvalue weighted by Crippen LogP contribution is -2.37. The van der Waals surface area contributed by atoms with Gasteiger partial charge in [0.15, 0.2) is 0 Å². The van der Waals surface area contributed by atoms with E-state index < -0.39 is 0 Å². The molecule has 15 heavy (non-hydrogen) atoms. The monoisotopic (exact) mass is 244 g/mol. The van der Waals surface area contributed by atoms with Crippen molar-refractivity contribution < 1.29 is 0 Å². The fraction of sp³-hybridized carbons (Fsp3) is 0.727. The lowest BCUT2D eigenvalue weighted by atomic mass is 9.97. The molecule has 0 N–H and O–H groups in total. The molecule has 2 heterocycles. The van der Waals surface area contributed by atoms with Gasteiger partial charge in [0, 0.05) is 12.0 Å². The van der Waals surface area contributed by atoms with Gasteiger partial charge in [-0.05, 0) is 39.8 Å². The van der Waals surface area contributed by atoms with E-state index >= 15 is 0 Å². The van der Waals surface area contributed by atoms with Crippen LogP contribution in [0.3, 0.4) is 0 Å². The molecule has 0 unspecified atom stereocenters. The maximum Gasteiger partial charge on any atom is 0.113 e. The maximum atomic E-state index is 5.90. The molecular formula is C11H17ClN2S. The molecule has 0 bridgehead atoms. The average Bonchev–Trinajstić information content (AvgIpc) is 2.65. The van der Waals surface area contributed by atoms with Gasteiger partial charge in [-0.1, -0.05) is 11.6 Å². The number of aromatic nitrogens is 1. The van der Waals surface area contributed by atoms with Crippen LogP contribution in [0, 0.1) is 0 Å². The summed E-state index contributed by atoms with van der Waals surface area (Å²) in [6.07, 6.45) is 4.22. The summed E-state index contributed by atoms with van der Waals surface area (Å²) in [5.41, 5.74) is 0. The van der Waals surface area contributed by atoms with E-state index in [-0.39, 0.29) is 0 Å². The van der Waals surface area contributed by atoms with Gasteiger partial charge >= 0.3 is 0 Å². The minimum Gasteiger partial charge on any atom is -0.301 e. The van der Waals surface area contributed by atoms with Crippen molar-refractivity contribution >= 4 is 22.9 Å². The molecule has 0 aliphatic carbocycles. The summed E-state index contributed by atoms with van der Waals surface area (Å²) in [4.78, 5) is 6.91. The first-order valence-electron chi connectivity index (χ1n) is 5.52. The van der Waals surface area contributed by atoms with Crippen LogP contribution in [-0.4, -0.2) is 29.0 Å². The minimum absolute atomic E-state index is 0.637. The lowest BCUT2D eigenvalue weighted by molar-refractivity contribution is 0.172. The number of hydrogen-bond donors (Lipinski definition) is 0. The van der Waals surface area contributed by atoms with Gasteiger partial charge < -0.3 is 4.90 Å². The molecule has 1 saturated heterocycles. The van der Waals surface area contributed by atoms with Crippen LogP contribution < -0.4 is 0 Å². The Hall–Kier alpha value is -0.120. The molecule has 0 saturated carbocycles.